The minimum atomic E-state index is -1.90. The van der Waals surface area contributed by atoms with Crippen molar-refractivity contribution in [3.63, 3.8) is 0 Å². The van der Waals surface area contributed by atoms with Crippen LogP contribution in [0.25, 0.3) is 0 Å². The molecule has 0 radical (unpaired) electrons. The third-order valence-electron chi connectivity index (χ3n) is 7.77. The molecular formula is C23H21BrCl2N2O6. The maximum atomic E-state index is 13.6. The average Bonchev–Trinajstić information content (AvgIpc) is 3.12. The first-order valence-electron chi connectivity index (χ1n) is 10.7. The summed E-state index contributed by atoms with van der Waals surface area (Å²) in [5.74, 6) is -4.61. The molecule has 1 aromatic rings. The lowest BCUT2D eigenvalue weighted by atomic mass is 9.56. The van der Waals surface area contributed by atoms with Crippen LogP contribution in [0.1, 0.15) is 24.3 Å². The van der Waals surface area contributed by atoms with Gasteiger partial charge in [-0.25, -0.2) is 0 Å². The molecule has 1 N–H and O–H groups in total. The van der Waals surface area contributed by atoms with Crippen molar-refractivity contribution in [2.24, 2.45) is 17.8 Å². The third kappa shape index (κ3) is 2.72. The summed E-state index contributed by atoms with van der Waals surface area (Å²) in [6.07, 6.45) is 2.08. The standard InChI is InChI=1S/C23H21BrCl2N2O6/c1-27-18(30)12-5-4-11-13(16(12)19(27)31)8-22(25)20(32)28(9-24)21(33)23(22,26)17(11)10-3-6-15(34-2)14(29)7-10/h3-4,6-7,12-13,16-17,29H,5,8-9H2,1-2H3. The van der Waals surface area contributed by atoms with E-state index in [-0.39, 0.29) is 35.2 Å². The number of allylic oxidation sites excluding steroid dienone is 2. The van der Waals surface area contributed by atoms with E-state index in [2.05, 4.69) is 15.9 Å². The Morgan fingerprint density at radius 2 is 1.85 bits per heavy atom. The molecular weight excluding hydrogens is 551 g/mol. The first-order valence-corrected chi connectivity index (χ1v) is 12.6. The van der Waals surface area contributed by atoms with Crippen molar-refractivity contribution < 1.29 is 29.0 Å². The van der Waals surface area contributed by atoms with Crippen molar-refractivity contribution in [2.75, 3.05) is 19.6 Å². The largest absolute Gasteiger partial charge is 0.504 e. The van der Waals surface area contributed by atoms with Crippen LogP contribution in [0.3, 0.4) is 0 Å². The summed E-state index contributed by atoms with van der Waals surface area (Å²) in [7, 11) is 2.86. The second-order valence-corrected chi connectivity index (χ2v) is 10.9. The number of amides is 4. The van der Waals surface area contributed by atoms with Gasteiger partial charge in [-0.05, 0) is 36.5 Å². The molecule has 0 spiro atoms. The Hall–Kier alpha value is -2.10. The second-order valence-electron chi connectivity index (χ2n) is 9.15. The number of phenols is 1. The van der Waals surface area contributed by atoms with Gasteiger partial charge in [-0.2, -0.15) is 0 Å². The molecule has 6 unspecified atom stereocenters. The number of carbonyl (C=O) groups excluding carboxylic acids is 4. The van der Waals surface area contributed by atoms with E-state index >= 15 is 0 Å². The third-order valence-corrected chi connectivity index (χ3v) is 9.69. The van der Waals surface area contributed by atoms with E-state index in [0.29, 0.717) is 17.6 Å². The Bertz CT molecular complexity index is 1190. The lowest BCUT2D eigenvalue weighted by Crippen LogP contribution is -2.60. The molecule has 2 aliphatic carbocycles. The predicted octanol–water partition coefficient (Wildman–Crippen LogP) is 2.74. The van der Waals surface area contributed by atoms with Gasteiger partial charge in [0.05, 0.1) is 24.4 Å². The van der Waals surface area contributed by atoms with E-state index in [1.807, 2.05) is 6.08 Å². The number of halogens is 3. The predicted molar refractivity (Wildman–Crippen MR) is 126 cm³/mol. The number of hydrogen-bond donors (Lipinski definition) is 1. The molecule has 34 heavy (non-hydrogen) atoms. The van der Waals surface area contributed by atoms with Gasteiger partial charge in [0.2, 0.25) is 11.8 Å². The van der Waals surface area contributed by atoms with Gasteiger partial charge in [0.1, 0.15) is 0 Å². The van der Waals surface area contributed by atoms with Gasteiger partial charge in [0.25, 0.3) is 11.8 Å². The summed E-state index contributed by atoms with van der Waals surface area (Å²) >= 11 is 17.3. The van der Waals surface area contributed by atoms with E-state index < -0.39 is 45.2 Å². The highest BCUT2D eigenvalue weighted by molar-refractivity contribution is 9.09. The summed E-state index contributed by atoms with van der Waals surface area (Å²) < 4.78 is 5.15. The van der Waals surface area contributed by atoms with E-state index in [0.717, 1.165) is 9.80 Å². The molecule has 2 saturated heterocycles. The quantitative estimate of drug-likeness (QED) is 0.259. The van der Waals surface area contributed by atoms with Crippen LogP contribution in [-0.2, 0) is 19.2 Å². The summed E-state index contributed by atoms with van der Waals surface area (Å²) in [5.41, 5.74) is 1.03. The van der Waals surface area contributed by atoms with Crippen molar-refractivity contribution in [1.82, 2.24) is 9.80 Å². The Balaban J connectivity index is 1.75. The van der Waals surface area contributed by atoms with Crippen LogP contribution in [0.15, 0.2) is 29.8 Å². The number of methoxy groups -OCH3 is 1. The number of imide groups is 2. The zero-order chi connectivity index (χ0) is 24.7. The van der Waals surface area contributed by atoms with Crippen molar-refractivity contribution in [1.29, 1.82) is 0 Å². The number of nitrogens with zero attached hydrogens (tertiary/aromatic N) is 2. The number of fused-ring (bicyclic) bond motifs is 4. The van der Waals surface area contributed by atoms with Crippen molar-refractivity contribution >= 4 is 62.8 Å². The molecule has 0 aromatic heterocycles. The summed E-state index contributed by atoms with van der Waals surface area (Å²) in [5, 5.41) is 10.5. The summed E-state index contributed by atoms with van der Waals surface area (Å²) in [6, 6.07) is 4.63. The molecule has 5 rings (SSSR count). The lowest BCUT2D eigenvalue weighted by molar-refractivity contribution is -0.140. The smallest absolute Gasteiger partial charge is 0.254 e. The van der Waals surface area contributed by atoms with Crippen LogP contribution in [0, 0.1) is 17.8 Å². The van der Waals surface area contributed by atoms with Crippen LogP contribution in [0.5, 0.6) is 11.5 Å². The molecule has 0 bridgehead atoms. The van der Waals surface area contributed by atoms with Crippen LogP contribution in [-0.4, -0.2) is 67.9 Å². The van der Waals surface area contributed by atoms with Gasteiger partial charge in [-0.1, -0.05) is 33.6 Å². The van der Waals surface area contributed by atoms with E-state index in [4.69, 9.17) is 27.9 Å². The van der Waals surface area contributed by atoms with Crippen molar-refractivity contribution in [3.05, 3.63) is 35.4 Å². The maximum absolute atomic E-state index is 13.6. The molecule has 4 aliphatic rings. The molecule has 1 saturated carbocycles. The molecule has 180 valence electrons. The number of hydrogen-bond acceptors (Lipinski definition) is 6. The fourth-order valence-corrected chi connectivity index (χ4v) is 7.60. The molecule has 6 atom stereocenters. The highest BCUT2D eigenvalue weighted by Crippen LogP contribution is 2.65. The number of ether oxygens (including phenoxy) is 1. The van der Waals surface area contributed by atoms with Gasteiger partial charge >= 0.3 is 0 Å². The number of alkyl halides is 3. The number of carbonyl (C=O) groups is 4. The summed E-state index contributed by atoms with van der Waals surface area (Å²) in [6.45, 7) is 0. The first kappa shape index (κ1) is 23.6. The molecule has 1 aromatic carbocycles. The molecule has 2 aliphatic heterocycles. The minimum Gasteiger partial charge on any atom is -0.504 e. The summed E-state index contributed by atoms with van der Waals surface area (Å²) in [4.78, 5) is 51.2. The molecule has 4 amide bonds. The monoisotopic (exact) mass is 570 g/mol. The van der Waals surface area contributed by atoms with Crippen LogP contribution < -0.4 is 4.74 Å². The average molecular weight is 572 g/mol. The topological polar surface area (TPSA) is 104 Å². The Kier molecular flexibility index (Phi) is 5.35. The number of likely N-dealkylation sites (tertiary alicyclic amines) is 2. The fraction of sp³-hybridized carbons (Fsp3) is 0.478. The highest BCUT2D eigenvalue weighted by Gasteiger charge is 2.76. The number of rotatable bonds is 3. The van der Waals surface area contributed by atoms with E-state index in [9.17, 15) is 24.3 Å². The van der Waals surface area contributed by atoms with Crippen molar-refractivity contribution in [3.8, 4) is 11.5 Å². The zero-order valence-electron chi connectivity index (χ0n) is 18.3. The Labute approximate surface area is 213 Å². The number of phenolic OH excluding ortho intramolecular Hbond substituents is 1. The normalized spacial score (nSPS) is 36.9. The molecule has 11 heteroatoms. The van der Waals surface area contributed by atoms with E-state index in [1.165, 1.54) is 26.3 Å². The number of aromatic hydroxyl groups is 1. The first-order chi connectivity index (χ1) is 16.0. The highest BCUT2D eigenvalue weighted by atomic mass is 79.9. The van der Waals surface area contributed by atoms with Gasteiger partial charge < -0.3 is 9.84 Å². The van der Waals surface area contributed by atoms with Crippen LogP contribution >= 0.6 is 39.1 Å². The molecule has 8 nitrogen and oxygen atoms in total. The van der Waals surface area contributed by atoms with Crippen LogP contribution in [0.4, 0.5) is 0 Å². The lowest BCUT2D eigenvalue weighted by Gasteiger charge is -2.50. The second kappa shape index (κ2) is 7.70. The Morgan fingerprint density at radius 3 is 2.47 bits per heavy atom. The number of benzene rings is 1. The van der Waals surface area contributed by atoms with Gasteiger partial charge in [-0.3, -0.25) is 29.0 Å². The van der Waals surface area contributed by atoms with Crippen LogP contribution in [0.2, 0.25) is 0 Å². The molecule has 3 fully saturated rings. The SMILES string of the molecule is COc1ccc(C2C3=CCC4C(=O)N(C)C(=O)C4C3CC3(Cl)C(=O)N(CBr)C(=O)C23Cl)cc1O. The fourth-order valence-electron chi connectivity index (χ4n) is 6.17. The van der Waals surface area contributed by atoms with Crippen molar-refractivity contribution in [2.45, 2.75) is 28.5 Å². The zero-order valence-corrected chi connectivity index (χ0v) is 21.4. The Morgan fingerprint density at radius 1 is 1.15 bits per heavy atom. The molecule has 2 heterocycles. The van der Waals surface area contributed by atoms with Gasteiger partial charge in [0.15, 0.2) is 21.2 Å². The minimum absolute atomic E-state index is 0.0649. The van der Waals surface area contributed by atoms with Gasteiger partial charge in [-0.15, -0.1) is 23.2 Å². The van der Waals surface area contributed by atoms with E-state index in [1.54, 1.807) is 6.07 Å². The maximum Gasteiger partial charge on any atom is 0.254 e. The van der Waals surface area contributed by atoms with Gasteiger partial charge in [0, 0.05) is 13.0 Å².